The Hall–Kier alpha value is -0.840. The van der Waals surface area contributed by atoms with Gasteiger partial charge in [-0.05, 0) is 26.0 Å². The number of hydrogen-bond donors (Lipinski definition) is 1. The number of rotatable bonds is 10. The molecule has 18 heavy (non-hydrogen) atoms. The van der Waals surface area contributed by atoms with Crippen molar-refractivity contribution < 1.29 is 13.9 Å². The molecule has 1 N–H and O–H groups in total. The van der Waals surface area contributed by atoms with Crippen molar-refractivity contribution in [1.29, 1.82) is 0 Å². The zero-order valence-electron chi connectivity index (χ0n) is 11.8. The van der Waals surface area contributed by atoms with Gasteiger partial charge in [0.2, 0.25) is 0 Å². The predicted octanol–water partition coefficient (Wildman–Crippen LogP) is 2.64. The van der Waals surface area contributed by atoms with Crippen molar-refractivity contribution in [2.24, 2.45) is 0 Å². The highest BCUT2D eigenvalue weighted by atomic mass is 16.5. The van der Waals surface area contributed by atoms with E-state index in [1.807, 2.05) is 6.92 Å². The molecular weight excluding hydrogens is 230 g/mol. The fourth-order valence-corrected chi connectivity index (χ4v) is 1.63. The van der Waals surface area contributed by atoms with E-state index in [0.717, 1.165) is 37.6 Å². The smallest absolute Gasteiger partial charge is 0.130 e. The highest BCUT2D eigenvalue weighted by Crippen LogP contribution is 2.15. The van der Waals surface area contributed by atoms with E-state index in [2.05, 4.69) is 25.2 Å². The van der Waals surface area contributed by atoms with Crippen molar-refractivity contribution in [2.45, 2.75) is 40.3 Å². The Morgan fingerprint density at radius 3 is 2.67 bits per heavy atom. The van der Waals surface area contributed by atoms with E-state index in [-0.39, 0.29) is 0 Å². The largest absolute Gasteiger partial charge is 0.464 e. The summed E-state index contributed by atoms with van der Waals surface area (Å²) in [5, 5.41) is 3.29. The Labute approximate surface area is 110 Å². The zero-order valence-corrected chi connectivity index (χ0v) is 11.8. The van der Waals surface area contributed by atoms with Crippen molar-refractivity contribution in [3.63, 3.8) is 0 Å². The van der Waals surface area contributed by atoms with Crippen molar-refractivity contribution >= 4 is 0 Å². The van der Waals surface area contributed by atoms with Crippen LogP contribution in [-0.2, 0) is 22.6 Å². The first kappa shape index (κ1) is 15.2. The van der Waals surface area contributed by atoms with E-state index in [1.165, 1.54) is 5.56 Å². The Balaban J connectivity index is 2.21. The molecule has 104 valence electrons. The lowest BCUT2D eigenvalue weighted by atomic mass is 10.2. The summed E-state index contributed by atoms with van der Waals surface area (Å²) in [7, 11) is 0. The molecule has 0 radical (unpaired) electrons. The van der Waals surface area contributed by atoms with Crippen molar-refractivity contribution in [3.8, 4) is 0 Å². The van der Waals surface area contributed by atoms with Crippen LogP contribution in [-0.4, -0.2) is 26.4 Å². The van der Waals surface area contributed by atoms with Gasteiger partial charge < -0.3 is 19.2 Å². The Bertz CT molecular complexity index is 323. The first-order valence-corrected chi connectivity index (χ1v) is 6.72. The van der Waals surface area contributed by atoms with Crippen molar-refractivity contribution in [3.05, 3.63) is 23.2 Å². The van der Waals surface area contributed by atoms with Gasteiger partial charge in [-0.15, -0.1) is 0 Å². The van der Waals surface area contributed by atoms with Crippen LogP contribution in [0.5, 0.6) is 0 Å². The summed E-state index contributed by atoms with van der Waals surface area (Å²) in [6, 6.07) is 2.06. The molecule has 4 heteroatoms. The molecule has 0 bridgehead atoms. The SMILES string of the molecule is CCCOCCOCc1cc(CNCC)c(C)o1. The summed E-state index contributed by atoms with van der Waals surface area (Å²) in [6.45, 7) is 10.6. The minimum Gasteiger partial charge on any atom is -0.464 e. The summed E-state index contributed by atoms with van der Waals surface area (Å²) in [4.78, 5) is 0. The topological polar surface area (TPSA) is 43.6 Å². The first-order valence-electron chi connectivity index (χ1n) is 6.72. The van der Waals surface area contributed by atoms with Crippen LogP contribution in [0.1, 0.15) is 37.4 Å². The van der Waals surface area contributed by atoms with Crippen LogP contribution in [0, 0.1) is 6.92 Å². The molecular formula is C14H25NO3. The monoisotopic (exact) mass is 255 g/mol. The normalized spacial score (nSPS) is 11.1. The van der Waals surface area contributed by atoms with Gasteiger partial charge in [0.25, 0.3) is 0 Å². The van der Waals surface area contributed by atoms with Gasteiger partial charge in [-0.1, -0.05) is 13.8 Å². The van der Waals surface area contributed by atoms with Gasteiger partial charge in [0.15, 0.2) is 0 Å². The molecule has 0 unspecified atom stereocenters. The van der Waals surface area contributed by atoms with Crippen LogP contribution >= 0.6 is 0 Å². The van der Waals surface area contributed by atoms with E-state index >= 15 is 0 Å². The van der Waals surface area contributed by atoms with Crippen LogP contribution in [0.25, 0.3) is 0 Å². The second-order valence-electron chi connectivity index (χ2n) is 4.24. The minimum absolute atomic E-state index is 0.516. The summed E-state index contributed by atoms with van der Waals surface area (Å²) in [5.74, 6) is 1.85. The molecule has 0 spiro atoms. The van der Waals surface area contributed by atoms with Gasteiger partial charge in [-0.2, -0.15) is 0 Å². The van der Waals surface area contributed by atoms with E-state index in [9.17, 15) is 0 Å². The lowest BCUT2D eigenvalue weighted by Crippen LogP contribution is -2.11. The van der Waals surface area contributed by atoms with Crippen LogP contribution in [0.3, 0.4) is 0 Å². The Kier molecular flexibility index (Phi) is 7.73. The lowest BCUT2D eigenvalue weighted by Gasteiger charge is -2.02. The summed E-state index contributed by atoms with van der Waals surface area (Å²) in [5.41, 5.74) is 1.21. The van der Waals surface area contributed by atoms with Crippen molar-refractivity contribution in [2.75, 3.05) is 26.4 Å². The predicted molar refractivity (Wildman–Crippen MR) is 71.6 cm³/mol. The van der Waals surface area contributed by atoms with Crippen LogP contribution < -0.4 is 5.32 Å². The first-order chi connectivity index (χ1) is 8.77. The number of nitrogens with one attached hydrogen (secondary N) is 1. The molecule has 1 heterocycles. The van der Waals surface area contributed by atoms with Gasteiger partial charge in [0, 0.05) is 18.7 Å². The molecule has 1 aromatic rings. The number of aryl methyl sites for hydroxylation is 1. The minimum atomic E-state index is 0.516. The molecule has 0 saturated carbocycles. The third kappa shape index (κ3) is 5.67. The maximum Gasteiger partial charge on any atom is 0.130 e. The zero-order chi connectivity index (χ0) is 13.2. The molecule has 0 atom stereocenters. The molecule has 0 amide bonds. The molecule has 1 rings (SSSR count). The molecule has 1 aromatic heterocycles. The molecule has 0 aromatic carbocycles. The van der Waals surface area contributed by atoms with Gasteiger partial charge >= 0.3 is 0 Å². The molecule has 0 saturated heterocycles. The lowest BCUT2D eigenvalue weighted by molar-refractivity contribution is 0.0348. The second-order valence-corrected chi connectivity index (χ2v) is 4.24. The summed E-state index contributed by atoms with van der Waals surface area (Å²) >= 11 is 0. The molecule has 0 fully saturated rings. The van der Waals surface area contributed by atoms with Gasteiger partial charge in [-0.3, -0.25) is 0 Å². The second kappa shape index (κ2) is 9.14. The fourth-order valence-electron chi connectivity index (χ4n) is 1.63. The molecule has 0 aliphatic rings. The molecule has 0 aliphatic carbocycles. The average molecular weight is 255 g/mol. The molecule has 0 aliphatic heterocycles. The highest BCUT2D eigenvalue weighted by molar-refractivity contribution is 5.20. The number of hydrogen-bond acceptors (Lipinski definition) is 4. The summed E-state index contributed by atoms with van der Waals surface area (Å²) < 4.78 is 16.5. The maximum atomic E-state index is 5.63. The Morgan fingerprint density at radius 1 is 1.17 bits per heavy atom. The van der Waals surface area contributed by atoms with Crippen LogP contribution in [0.15, 0.2) is 10.5 Å². The Morgan fingerprint density at radius 2 is 1.94 bits per heavy atom. The van der Waals surface area contributed by atoms with Crippen LogP contribution in [0.2, 0.25) is 0 Å². The third-order valence-corrected chi connectivity index (χ3v) is 2.60. The van der Waals surface area contributed by atoms with E-state index < -0.39 is 0 Å². The van der Waals surface area contributed by atoms with Gasteiger partial charge in [-0.25, -0.2) is 0 Å². The number of furan rings is 1. The van der Waals surface area contributed by atoms with E-state index in [4.69, 9.17) is 13.9 Å². The van der Waals surface area contributed by atoms with Crippen LogP contribution in [0.4, 0.5) is 0 Å². The standard InChI is InChI=1S/C14H25NO3/c1-4-6-16-7-8-17-11-14-9-13(10-15-5-2)12(3)18-14/h9,15H,4-8,10-11H2,1-3H3. The van der Waals surface area contributed by atoms with Crippen molar-refractivity contribution in [1.82, 2.24) is 5.32 Å². The number of ether oxygens (including phenoxy) is 2. The van der Waals surface area contributed by atoms with E-state index in [1.54, 1.807) is 0 Å². The third-order valence-electron chi connectivity index (χ3n) is 2.60. The average Bonchev–Trinajstić information content (AvgIpc) is 2.72. The van der Waals surface area contributed by atoms with Gasteiger partial charge in [0.05, 0.1) is 13.2 Å². The maximum absolute atomic E-state index is 5.63. The molecule has 4 nitrogen and oxygen atoms in total. The summed E-state index contributed by atoms with van der Waals surface area (Å²) in [6.07, 6.45) is 1.05. The quantitative estimate of drug-likeness (QED) is 0.653. The highest BCUT2D eigenvalue weighted by Gasteiger charge is 2.06. The van der Waals surface area contributed by atoms with E-state index in [0.29, 0.717) is 19.8 Å². The van der Waals surface area contributed by atoms with Gasteiger partial charge in [0.1, 0.15) is 18.1 Å². The fraction of sp³-hybridized carbons (Fsp3) is 0.714.